The third kappa shape index (κ3) is 3.68. The molecule has 0 spiro atoms. The molecule has 6 heteroatoms. The fourth-order valence-corrected chi connectivity index (χ4v) is 3.44. The molecule has 1 aromatic heterocycles. The molecule has 5 nitrogen and oxygen atoms in total. The van der Waals surface area contributed by atoms with Crippen molar-refractivity contribution in [3.05, 3.63) is 82.9 Å². The van der Waals surface area contributed by atoms with Crippen molar-refractivity contribution in [1.82, 2.24) is 15.3 Å². The van der Waals surface area contributed by atoms with Crippen LogP contribution in [0.5, 0.6) is 0 Å². The normalized spacial score (nSPS) is 11.8. The summed E-state index contributed by atoms with van der Waals surface area (Å²) in [6, 6.07) is 16.4. The van der Waals surface area contributed by atoms with Crippen LogP contribution in [0.3, 0.4) is 0 Å². The van der Waals surface area contributed by atoms with Crippen LogP contribution in [0, 0.1) is 11.8 Å². The summed E-state index contributed by atoms with van der Waals surface area (Å²) in [6.07, 6.45) is 2.37. The second-order valence-corrected chi connectivity index (χ2v) is 6.57. The number of fused-ring (bicyclic) bond motifs is 3. The van der Waals surface area contributed by atoms with Gasteiger partial charge in [0.05, 0.1) is 12.1 Å². The number of ether oxygens (including phenoxy) is 1. The van der Waals surface area contributed by atoms with Crippen LogP contribution in [0.25, 0.3) is 11.1 Å². The maximum atomic E-state index is 12.1. The molecule has 1 aliphatic rings. The van der Waals surface area contributed by atoms with E-state index in [1.165, 1.54) is 34.8 Å². The molecule has 0 radical (unpaired) electrons. The summed E-state index contributed by atoms with van der Waals surface area (Å²) in [4.78, 5) is 19.8. The smallest absolute Gasteiger partial charge is 0.407 e. The van der Waals surface area contributed by atoms with Crippen molar-refractivity contribution in [3.8, 4) is 23.0 Å². The number of carbonyl (C=O) groups excluding carboxylic acids is 1. The quantitative estimate of drug-likeness (QED) is 0.542. The SMILES string of the molecule is O=C(NCC#Cc1cncnc1Cl)OCC1c2ccccc2-c2ccccc21. The number of nitrogens with zero attached hydrogens (tertiary/aromatic N) is 2. The van der Waals surface area contributed by atoms with E-state index in [2.05, 4.69) is 51.4 Å². The highest BCUT2D eigenvalue weighted by atomic mass is 35.5. The number of rotatable bonds is 3. The maximum absolute atomic E-state index is 12.1. The Balaban J connectivity index is 1.36. The van der Waals surface area contributed by atoms with Gasteiger partial charge in [-0.2, -0.15) is 0 Å². The Morgan fingerprint density at radius 1 is 1.11 bits per heavy atom. The Hall–Kier alpha value is -3.36. The summed E-state index contributed by atoms with van der Waals surface area (Å²) in [5, 5.41) is 2.91. The molecule has 0 saturated carbocycles. The lowest BCUT2D eigenvalue weighted by molar-refractivity contribution is 0.144. The molecule has 2 aromatic carbocycles. The Morgan fingerprint density at radius 2 is 1.79 bits per heavy atom. The highest BCUT2D eigenvalue weighted by Crippen LogP contribution is 2.44. The van der Waals surface area contributed by atoms with Crippen LogP contribution in [0.15, 0.2) is 61.1 Å². The number of halogens is 1. The van der Waals surface area contributed by atoms with Crippen LogP contribution < -0.4 is 5.32 Å². The van der Waals surface area contributed by atoms with E-state index in [1.54, 1.807) is 0 Å². The molecular weight excluding hydrogens is 374 g/mol. The molecule has 0 saturated heterocycles. The van der Waals surface area contributed by atoms with Crippen LogP contribution in [-0.2, 0) is 4.74 Å². The van der Waals surface area contributed by atoms with Crippen molar-refractivity contribution in [2.45, 2.75) is 5.92 Å². The van der Waals surface area contributed by atoms with Gasteiger partial charge in [-0.05, 0) is 22.3 Å². The minimum atomic E-state index is -0.508. The van der Waals surface area contributed by atoms with Gasteiger partial charge in [0.25, 0.3) is 0 Å². The summed E-state index contributed by atoms with van der Waals surface area (Å²) in [5.41, 5.74) is 5.25. The van der Waals surface area contributed by atoms with Crippen LogP contribution in [0.1, 0.15) is 22.6 Å². The molecule has 4 rings (SSSR count). The average Bonchev–Trinajstić information content (AvgIpc) is 3.05. The third-order valence-corrected chi connectivity index (χ3v) is 4.85. The summed E-state index contributed by atoms with van der Waals surface area (Å²) in [5.74, 6) is 5.65. The van der Waals surface area contributed by atoms with Gasteiger partial charge in [-0.1, -0.05) is 72.0 Å². The van der Waals surface area contributed by atoms with E-state index in [4.69, 9.17) is 16.3 Å². The van der Waals surface area contributed by atoms with Crippen molar-refractivity contribution < 1.29 is 9.53 Å². The van der Waals surface area contributed by atoms with E-state index in [9.17, 15) is 4.79 Å². The topological polar surface area (TPSA) is 64.1 Å². The monoisotopic (exact) mass is 389 g/mol. The second kappa shape index (κ2) is 8.12. The van der Waals surface area contributed by atoms with Gasteiger partial charge in [-0.15, -0.1) is 0 Å². The first-order chi connectivity index (χ1) is 13.7. The number of aromatic nitrogens is 2. The third-order valence-electron chi connectivity index (χ3n) is 4.55. The van der Waals surface area contributed by atoms with Crippen molar-refractivity contribution in [3.63, 3.8) is 0 Å². The Labute approximate surface area is 167 Å². The van der Waals surface area contributed by atoms with Gasteiger partial charge in [0.1, 0.15) is 18.1 Å². The zero-order valence-corrected chi connectivity index (χ0v) is 15.6. The van der Waals surface area contributed by atoms with E-state index in [1.807, 2.05) is 24.3 Å². The molecule has 1 aliphatic carbocycles. The first-order valence-corrected chi connectivity index (χ1v) is 9.15. The fourth-order valence-electron chi connectivity index (χ4n) is 3.30. The molecule has 0 atom stereocenters. The lowest BCUT2D eigenvalue weighted by atomic mass is 9.98. The Bertz CT molecular complexity index is 1040. The molecule has 0 fully saturated rings. The van der Waals surface area contributed by atoms with Gasteiger partial charge in [-0.25, -0.2) is 14.8 Å². The largest absolute Gasteiger partial charge is 0.449 e. The van der Waals surface area contributed by atoms with Crippen LogP contribution >= 0.6 is 11.6 Å². The van der Waals surface area contributed by atoms with Crippen molar-refractivity contribution in [1.29, 1.82) is 0 Å². The summed E-state index contributed by atoms with van der Waals surface area (Å²) >= 11 is 5.91. The van der Waals surface area contributed by atoms with Crippen LogP contribution in [0.2, 0.25) is 5.15 Å². The molecule has 0 unspecified atom stereocenters. The predicted molar refractivity (Wildman–Crippen MR) is 107 cm³/mol. The molecule has 3 aromatic rings. The van der Waals surface area contributed by atoms with E-state index in [0.717, 1.165) is 0 Å². The van der Waals surface area contributed by atoms with Crippen LogP contribution in [0.4, 0.5) is 4.79 Å². The second-order valence-electron chi connectivity index (χ2n) is 6.21. The molecular formula is C22H16ClN3O2. The molecule has 138 valence electrons. The summed E-state index contributed by atoms with van der Waals surface area (Å²) in [6.45, 7) is 0.410. The maximum Gasteiger partial charge on any atom is 0.407 e. The highest BCUT2D eigenvalue weighted by Gasteiger charge is 2.28. The zero-order valence-electron chi connectivity index (χ0n) is 14.9. The van der Waals surface area contributed by atoms with E-state index >= 15 is 0 Å². The van der Waals surface area contributed by atoms with Crippen LogP contribution in [-0.4, -0.2) is 29.2 Å². The van der Waals surface area contributed by atoms with Gasteiger partial charge in [0.15, 0.2) is 0 Å². The number of benzene rings is 2. The number of nitrogens with one attached hydrogen (secondary N) is 1. The van der Waals surface area contributed by atoms with E-state index in [0.29, 0.717) is 5.56 Å². The molecule has 0 bridgehead atoms. The molecule has 28 heavy (non-hydrogen) atoms. The minimum Gasteiger partial charge on any atom is -0.449 e. The predicted octanol–water partition coefficient (Wildman–Crippen LogP) is 4.02. The summed E-state index contributed by atoms with van der Waals surface area (Å²) < 4.78 is 5.45. The molecule has 0 aliphatic heterocycles. The lowest BCUT2D eigenvalue weighted by Crippen LogP contribution is -2.26. The van der Waals surface area contributed by atoms with Crippen molar-refractivity contribution in [2.24, 2.45) is 0 Å². The Kier molecular flexibility index (Phi) is 5.22. The standard InChI is InChI=1S/C22H16ClN3O2/c23-21-15(12-24-14-26-21)6-5-11-25-22(27)28-13-20-18-9-3-1-7-16(18)17-8-2-4-10-19(17)20/h1-4,7-10,12,14,20H,11,13H2,(H,25,27). The first kappa shape index (κ1) is 18.0. The first-order valence-electron chi connectivity index (χ1n) is 8.77. The number of amides is 1. The van der Waals surface area contributed by atoms with Gasteiger partial charge in [0, 0.05) is 12.1 Å². The van der Waals surface area contributed by atoms with Gasteiger partial charge < -0.3 is 10.1 Å². The van der Waals surface area contributed by atoms with Crippen molar-refractivity contribution >= 4 is 17.7 Å². The zero-order chi connectivity index (χ0) is 19.3. The molecule has 1 heterocycles. The fraction of sp³-hybridized carbons (Fsp3) is 0.136. The number of alkyl carbamates (subject to hydrolysis) is 1. The van der Waals surface area contributed by atoms with E-state index < -0.39 is 6.09 Å². The molecule has 1 amide bonds. The lowest BCUT2D eigenvalue weighted by Gasteiger charge is -2.14. The van der Waals surface area contributed by atoms with E-state index in [-0.39, 0.29) is 24.2 Å². The van der Waals surface area contributed by atoms with Gasteiger partial charge in [0.2, 0.25) is 0 Å². The number of carbonyl (C=O) groups is 1. The number of hydrogen-bond acceptors (Lipinski definition) is 4. The summed E-state index contributed by atoms with van der Waals surface area (Å²) in [7, 11) is 0. The number of hydrogen-bond donors (Lipinski definition) is 1. The van der Waals surface area contributed by atoms with Gasteiger partial charge >= 0.3 is 6.09 Å². The molecule has 1 N–H and O–H groups in total. The van der Waals surface area contributed by atoms with Gasteiger partial charge in [-0.3, -0.25) is 0 Å². The Morgan fingerprint density at radius 3 is 2.46 bits per heavy atom. The highest BCUT2D eigenvalue weighted by molar-refractivity contribution is 6.30. The average molecular weight is 390 g/mol. The minimum absolute atomic E-state index is 0.0320. The van der Waals surface area contributed by atoms with Crippen molar-refractivity contribution in [2.75, 3.05) is 13.2 Å².